The Hall–Kier alpha value is -2.08. The molecule has 2 rings (SSSR count). The number of anilines is 1. The summed E-state index contributed by atoms with van der Waals surface area (Å²) in [5.74, 6) is -0.141. The Morgan fingerprint density at radius 3 is 2.33 bits per heavy atom. The summed E-state index contributed by atoms with van der Waals surface area (Å²) < 4.78 is 0. The van der Waals surface area contributed by atoms with Crippen LogP contribution in [-0.4, -0.2) is 73.5 Å². The summed E-state index contributed by atoms with van der Waals surface area (Å²) in [4.78, 5) is 30.5. The van der Waals surface area contributed by atoms with Crippen LogP contribution in [0.15, 0.2) is 18.2 Å². The van der Waals surface area contributed by atoms with Crippen LogP contribution in [0.3, 0.4) is 0 Å². The van der Waals surface area contributed by atoms with Crippen molar-refractivity contribution in [1.29, 1.82) is 0 Å². The predicted molar refractivity (Wildman–Crippen MR) is 110 cm³/mol. The minimum Gasteiger partial charge on any atom is -0.369 e. The van der Waals surface area contributed by atoms with Gasteiger partial charge in [-0.15, -0.1) is 0 Å². The predicted octanol–water partition coefficient (Wildman–Crippen LogP) is 1.80. The number of likely N-dealkylation sites (N-methyl/N-ethyl adjacent to an activating group) is 1. The summed E-state index contributed by atoms with van der Waals surface area (Å²) in [6.07, 6.45) is 0. The van der Waals surface area contributed by atoms with Crippen molar-refractivity contribution in [3.8, 4) is 0 Å². The van der Waals surface area contributed by atoms with Gasteiger partial charge in [0.2, 0.25) is 11.8 Å². The van der Waals surface area contributed by atoms with E-state index in [1.807, 2.05) is 20.8 Å². The van der Waals surface area contributed by atoms with E-state index in [-0.39, 0.29) is 23.9 Å². The molecule has 0 radical (unpaired) electrons. The molecule has 0 aromatic heterocycles. The fourth-order valence-corrected chi connectivity index (χ4v) is 3.30. The average molecular weight is 375 g/mol. The van der Waals surface area contributed by atoms with Gasteiger partial charge in [-0.25, -0.2) is 0 Å². The van der Waals surface area contributed by atoms with E-state index in [0.29, 0.717) is 6.54 Å². The molecule has 0 bridgehead atoms. The van der Waals surface area contributed by atoms with Crippen LogP contribution in [0.5, 0.6) is 0 Å². The van der Waals surface area contributed by atoms with Crippen molar-refractivity contribution in [2.45, 2.75) is 40.2 Å². The number of benzene rings is 1. The highest BCUT2D eigenvalue weighted by Gasteiger charge is 2.23. The van der Waals surface area contributed by atoms with Crippen LogP contribution in [0.25, 0.3) is 0 Å². The van der Waals surface area contributed by atoms with E-state index in [2.05, 4.69) is 47.2 Å². The largest absolute Gasteiger partial charge is 0.369 e. The molecule has 1 N–H and O–H groups in total. The number of hydrogen-bond acceptors (Lipinski definition) is 4. The molecule has 1 saturated heterocycles. The smallest absolute Gasteiger partial charge is 0.240 e. The molecule has 0 aliphatic carbocycles. The number of piperazine rings is 1. The van der Waals surface area contributed by atoms with Gasteiger partial charge in [-0.1, -0.05) is 12.1 Å². The number of amides is 2. The van der Waals surface area contributed by atoms with E-state index in [0.717, 1.165) is 26.2 Å². The molecule has 150 valence electrons. The average Bonchev–Trinajstić information content (AvgIpc) is 2.56. The maximum Gasteiger partial charge on any atom is 0.240 e. The zero-order valence-electron chi connectivity index (χ0n) is 17.6. The second-order valence-corrected chi connectivity index (χ2v) is 8.53. The second kappa shape index (κ2) is 8.74. The number of rotatable bonds is 5. The van der Waals surface area contributed by atoms with E-state index in [1.54, 1.807) is 7.05 Å². The highest BCUT2D eigenvalue weighted by atomic mass is 16.2. The Morgan fingerprint density at radius 1 is 1.11 bits per heavy atom. The maximum absolute atomic E-state index is 12.5. The quantitative estimate of drug-likeness (QED) is 0.854. The molecular formula is C21H34N4O2. The lowest BCUT2D eigenvalue weighted by atomic mass is 10.1. The first-order valence-corrected chi connectivity index (χ1v) is 9.65. The number of aryl methyl sites for hydroxylation is 1. The molecule has 0 spiro atoms. The van der Waals surface area contributed by atoms with Crippen molar-refractivity contribution in [1.82, 2.24) is 15.1 Å². The van der Waals surface area contributed by atoms with Crippen LogP contribution >= 0.6 is 0 Å². The van der Waals surface area contributed by atoms with Crippen LogP contribution in [0.2, 0.25) is 0 Å². The first kappa shape index (κ1) is 21.2. The zero-order chi connectivity index (χ0) is 20.2. The van der Waals surface area contributed by atoms with Gasteiger partial charge in [0.1, 0.15) is 0 Å². The van der Waals surface area contributed by atoms with Gasteiger partial charge in [-0.2, -0.15) is 0 Å². The SMILES string of the molecule is Cc1cccc(N2CCN(CC(=O)N(C)CC(=O)NC(C)(C)C)CC2)c1C. The molecule has 2 amide bonds. The molecule has 0 saturated carbocycles. The maximum atomic E-state index is 12.5. The van der Waals surface area contributed by atoms with Gasteiger partial charge < -0.3 is 15.1 Å². The third-order valence-electron chi connectivity index (χ3n) is 4.97. The Morgan fingerprint density at radius 2 is 1.74 bits per heavy atom. The number of nitrogens with one attached hydrogen (secondary N) is 1. The Kier molecular flexibility index (Phi) is 6.87. The van der Waals surface area contributed by atoms with Crippen LogP contribution in [-0.2, 0) is 9.59 Å². The zero-order valence-corrected chi connectivity index (χ0v) is 17.6. The topological polar surface area (TPSA) is 55.9 Å². The van der Waals surface area contributed by atoms with Gasteiger partial charge in [-0.3, -0.25) is 14.5 Å². The number of hydrogen-bond donors (Lipinski definition) is 1. The van der Waals surface area contributed by atoms with Crippen molar-refractivity contribution in [2.24, 2.45) is 0 Å². The summed E-state index contributed by atoms with van der Waals surface area (Å²) in [7, 11) is 1.69. The molecule has 1 heterocycles. The summed E-state index contributed by atoms with van der Waals surface area (Å²) in [6.45, 7) is 14.1. The molecule has 6 nitrogen and oxygen atoms in total. The molecule has 6 heteroatoms. The van der Waals surface area contributed by atoms with E-state index >= 15 is 0 Å². The lowest BCUT2D eigenvalue weighted by molar-refractivity contribution is -0.136. The van der Waals surface area contributed by atoms with Gasteiger partial charge in [0.25, 0.3) is 0 Å². The molecule has 1 fully saturated rings. The monoisotopic (exact) mass is 374 g/mol. The first-order chi connectivity index (χ1) is 12.6. The third-order valence-corrected chi connectivity index (χ3v) is 4.97. The molecular weight excluding hydrogens is 340 g/mol. The van der Waals surface area contributed by atoms with Crippen molar-refractivity contribution < 1.29 is 9.59 Å². The third kappa shape index (κ3) is 6.24. The highest BCUT2D eigenvalue weighted by Crippen LogP contribution is 2.23. The number of nitrogens with zero attached hydrogens (tertiary/aromatic N) is 3. The molecule has 1 aliphatic rings. The van der Waals surface area contributed by atoms with Crippen LogP contribution in [0, 0.1) is 13.8 Å². The standard InChI is InChI=1S/C21H34N4O2/c1-16-8-7-9-18(17(16)2)25-12-10-24(11-13-25)15-20(27)23(6)14-19(26)22-21(3,4)5/h7-9H,10-15H2,1-6H3,(H,22,26). The Balaban J connectivity index is 1.82. The lowest BCUT2D eigenvalue weighted by Crippen LogP contribution is -2.51. The van der Waals surface area contributed by atoms with Gasteiger partial charge in [0.15, 0.2) is 0 Å². The summed E-state index contributed by atoms with van der Waals surface area (Å²) in [5, 5.41) is 2.89. The van der Waals surface area contributed by atoms with E-state index in [1.165, 1.54) is 21.7 Å². The summed E-state index contributed by atoms with van der Waals surface area (Å²) in [6, 6.07) is 6.41. The van der Waals surface area contributed by atoms with Crippen LogP contribution in [0.4, 0.5) is 5.69 Å². The van der Waals surface area contributed by atoms with E-state index < -0.39 is 0 Å². The van der Waals surface area contributed by atoms with Gasteiger partial charge in [-0.05, 0) is 51.8 Å². The molecule has 27 heavy (non-hydrogen) atoms. The minimum absolute atomic E-state index is 0.0146. The molecule has 1 aromatic rings. The minimum atomic E-state index is -0.286. The number of carbonyl (C=O) groups excluding carboxylic acids is 2. The fraction of sp³-hybridized carbons (Fsp3) is 0.619. The Bertz CT molecular complexity index is 673. The van der Waals surface area contributed by atoms with Gasteiger partial charge in [0.05, 0.1) is 13.1 Å². The van der Waals surface area contributed by atoms with Crippen molar-refractivity contribution in [3.63, 3.8) is 0 Å². The number of carbonyl (C=O) groups is 2. The van der Waals surface area contributed by atoms with E-state index in [9.17, 15) is 9.59 Å². The first-order valence-electron chi connectivity index (χ1n) is 9.65. The molecule has 1 aromatic carbocycles. The second-order valence-electron chi connectivity index (χ2n) is 8.53. The van der Waals surface area contributed by atoms with Gasteiger partial charge in [0, 0.05) is 44.5 Å². The van der Waals surface area contributed by atoms with Crippen molar-refractivity contribution in [3.05, 3.63) is 29.3 Å². The summed E-state index contributed by atoms with van der Waals surface area (Å²) >= 11 is 0. The van der Waals surface area contributed by atoms with Gasteiger partial charge >= 0.3 is 0 Å². The van der Waals surface area contributed by atoms with Crippen molar-refractivity contribution in [2.75, 3.05) is 51.2 Å². The Labute approximate surface area is 163 Å². The van der Waals surface area contributed by atoms with Crippen molar-refractivity contribution >= 4 is 17.5 Å². The summed E-state index contributed by atoms with van der Waals surface area (Å²) in [5.41, 5.74) is 3.63. The van der Waals surface area contributed by atoms with E-state index in [4.69, 9.17) is 0 Å². The molecule has 0 atom stereocenters. The fourth-order valence-electron chi connectivity index (χ4n) is 3.30. The lowest BCUT2D eigenvalue weighted by Gasteiger charge is -2.37. The normalized spacial score (nSPS) is 15.6. The molecule has 0 unspecified atom stereocenters. The van der Waals surface area contributed by atoms with Crippen LogP contribution in [0.1, 0.15) is 31.9 Å². The van der Waals surface area contributed by atoms with Crippen LogP contribution < -0.4 is 10.2 Å². The highest BCUT2D eigenvalue weighted by molar-refractivity contribution is 5.85. The molecule has 1 aliphatic heterocycles.